The molecule has 2 aromatic rings. The third-order valence-electron chi connectivity index (χ3n) is 5.82. The average molecular weight is 418 g/mol. The van der Waals surface area contributed by atoms with Gasteiger partial charge in [-0.3, -0.25) is 10.1 Å². The van der Waals surface area contributed by atoms with Crippen molar-refractivity contribution in [1.29, 1.82) is 0 Å². The van der Waals surface area contributed by atoms with E-state index < -0.39 is 6.03 Å². The Labute approximate surface area is 174 Å². The van der Waals surface area contributed by atoms with Gasteiger partial charge < -0.3 is 15.1 Å². The Morgan fingerprint density at radius 2 is 1.27 bits per heavy atom. The number of carbonyl (C=O) groups is 2. The van der Waals surface area contributed by atoms with Crippen LogP contribution in [0.25, 0.3) is 0 Å². The molecule has 0 aromatic heterocycles. The largest absolute Gasteiger partial charge is 0.341 e. The number of imide groups is 1. The molecule has 2 aromatic carbocycles. The van der Waals surface area contributed by atoms with Gasteiger partial charge in [-0.1, -0.05) is 0 Å². The highest BCUT2D eigenvalue weighted by atomic mass is 19.1. The Kier molecular flexibility index (Phi) is 7.12. The van der Waals surface area contributed by atoms with Crippen LogP contribution < -0.4 is 20.4 Å². The molecule has 1 heterocycles. The van der Waals surface area contributed by atoms with Gasteiger partial charge >= 0.3 is 6.03 Å². The number of urea groups is 1. The molecule has 1 aliphatic rings. The number of rotatable bonds is 5. The van der Waals surface area contributed by atoms with E-state index in [1.807, 2.05) is 6.92 Å². The second kappa shape index (κ2) is 9.77. The molecule has 8 heteroatoms. The number of piperazine rings is 1. The Hall–Kier alpha value is -2.84. The van der Waals surface area contributed by atoms with Crippen molar-refractivity contribution in [2.75, 3.05) is 33.2 Å². The number of benzene rings is 2. The lowest BCUT2D eigenvalue weighted by Crippen LogP contribution is -3.30. The van der Waals surface area contributed by atoms with Crippen molar-refractivity contribution >= 4 is 11.9 Å². The molecule has 1 fully saturated rings. The normalized spacial score (nSPS) is 19.9. The van der Waals surface area contributed by atoms with Gasteiger partial charge in [0.15, 0.2) is 6.04 Å². The predicted octanol–water partition coefficient (Wildman–Crippen LogP) is -0.318. The minimum Gasteiger partial charge on any atom is -0.341 e. The van der Waals surface area contributed by atoms with Gasteiger partial charge in [0.25, 0.3) is 5.91 Å². The van der Waals surface area contributed by atoms with Crippen molar-refractivity contribution < 1.29 is 28.2 Å². The summed E-state index contributed by atoms with van der Waals surface area (Å²) in [5, 5.41) is 4.72. The highest BCUT2D eigenvalue weighted by molar-refractivity contribution is 5.96. The zero-order chi connectivity index (χ0) is 21.7. The van der Waals surface area contributed by atoms with Crippen LogP contribution in [0.2, 0.25) is 0 Å². The summed E-state index contributed by atoms with van der Waals surface area (Å²) in [6, 6.07) is 11.9. The molecule has 0 unspecified atom stereocenters. The van der Waals surface area contributed by atoms with Crippen LogP contribution in [-0.2, 0) is 4.79 Å². The molecule has 0 bridgehead atoms. The summed E-state index contributed by atoms with van der Waals surface area (Å²) in [7, 11) is 1.47. The average Bonchev–Trinajstić information content (AvgIpc) is 2.76. The lowest BCUT2D eigenvalue weighted by molar-refractivity contribution is -1.03. The van der Waals surface area contributed by atoms with E-state index in [1.165, 1.54) is 36.2 Å². The van der Waals surface area contributed by atoms with E-state index in [4.69, 9.17) is 0 Å². The van der Waals surface area contributed by atoms with Crippen molar-refractivity contribution in [3.8, 4) is 0 Å². The van der Waals surface area contributed by atoms with Gasteiger partial charge in [0.05, 0.1) is 0 Å². The lowest BCUT2D eigenvalue weighted by atomic mass is 9.96. The molecule has 3 amide bonds. The molecule has 160 valence electrons. The lowest BCUT2D eigenvalue weighted by Gasteiger charge is -2.36. The summed E-state index contributed by atoms with van der Waals surface area (Å²) in [6.45, 7) is 4.88. The summed E-state index contributed by atoms with van der Waals surface area (Å²) in [6.07, 6.45) is 0. The summed E-state index contributed by atoms with van der Waals surface area (Å²) >= 11 is 0. The zero-order valence-electron chi connectivity index (χ0n) is 17.2. The van der Waals surface area contributed by atoms with Crippen molar-refractivity contribution in [1.82, 2.24) is 10.6 Å². The summed E-state index contributed by atoms with van der Waals surface area (Å²) in [5.74, 6) is -0.893. The van der Waals surface area contributed by atoms with Crippen molar-refractivity contribution in [2.24, 2.45) is 0 Å². The van der Waals surface area contributed by atoms with Crippen LogP contribution in [0.3, 0.4) is 0 Å². The first-order valence-corrected chi connectivity index (χ1v) is 10.1. The van der Waals surface area contributed by atoms with Crippen molar-refractivity contribution in [3.63, 3.8) is 0 Å². The van der Waals surface area contributed by atoms with E-state index >= 15 is 0 Å². The Bertz CT molecular complexity index is 820. The monoisotopic (exact) mass is 418 g/mol. The number of hydrogen-bond acceptors (Lipinski definition) is 2. The van der Waals surface area contributed by atoms with Gasteiger partial charge in [0.2, 0.25) is 0 Å². The number of nitrogens with one attached hydrogen (secondary N) is 4. The van der Waals surface area contributed by atoms with Gasteiger partial charge in [-0.05, 0) is 55.5 Å². The maximum Gasteiger partial charge on any atom is 0.321 e. The highest BCUT2D eigenvalue weighted by Gasteiger charge is 2.35. The number of halogens is 2. The fourth-order valence-corrected chi connectivity index (χ4v) is 4.06. The molecule has 0 radical (unpaired) electrons. The van der Waals surface area contributed by atoms with E-state index in [-0.39, 0.29) is 29.6 Å². The van der Waals surface area contributed by atoms with Crippen LogP contribution in [-0.4, -0.2) is 51.2 Å². The predicted molar refractivity (Wildman–Crippen MR) is 108 cm³/mol. The van der Waals surface area contributed by atoms with Crippen LogP contribution >= 0.6 is 0 Å². The molecule has 1 aliphatic heterocycles. The van der Waals surface area contributed by atoms with Gasteiger partial charge in [-0.25, -0.2) is 13.6 Å². The smallest absolute Gasteiger partial charge is 0.321 e. The van der Waals surface area contributed by atoms with E-state index in [1.54, 1.807) is 24.3 Å². The third-order valence-corrected chi connectivity index (χ3v) is 5.82. The molecule has 6 nitrogen and oxygen atoms in total. The molecular weight excluding hydrogens is 390 g/mol. The first-order chi connectivity index (χ1) is 14.4. The molecule has 4 N–H and O–H groups in total. The molecule has 0 spiro atoms. The van der Waals surface area contributed by atoms with Crippen LogP contribution in [0.4, 0.5) is 13.6 Å². The first-order valence-electron chi connectivity index (χ1n) is 10.1. The van der Waals surface area contributed by atoms with E-state index in [0.29, 0.717) is 0 Å². The molecule has 0 aliphatic carbocycles. The quantitative estimate of drug-likeness (QED) is 0.538. The van der Waals surface area contributed by atoms with E-state index in [2.05, 4.69) is 10.6 Å². The fourth-order valence-electron chi connectivity index (χ4n) is 4.06. The maximum absolute atomic E-state index is 13.5. The standard InChI is InChI=1S/C22H26F2N4O2/c1-15(21(29)26-22(30)25-2)27-11-13-28(14-12-27)20(16-3-7-18(23)8-4-16)17-5-9-19(24)10-6-17/h3-10,15,20H,11-14H2,1-2H3,(H2,25,26,29,30)/p+2/t15-/m0/s1. The van der Waals surface area contributed by atoms with Crippen molar-refractivity contribution in [3.05, 3.63) is 71.3 Å². The second-order valence-corrected chi connectivity index (χ2v) is 7.64. The molecular formula is C22H28F2N4O2+2. The fraction of sp³-hybridized carbons (Fsp3) is 0.364. The maximum atomic E-state index is 13.5. The Balaban J connectivity index is 1.73. The minimum absolute atomic E-state index is 0.0530. The number of amides is 3. The summed E-state index contributed by atoms with van der Waals surface area (Å²) in [4.78, 5) is 26.0. The van der Waals surface area contributed by atoms with Gasteiger partial charge in [0, 0.05) is 18.2 Å². The van der Waals surface area contributed by atoms with Crippen LogP contribution in [0.5, 0.6) is 0 Å². The van der Waals surface area contributed by atoms with Crippen LogP contribution in [0.15, 0.2) is 48.5 Å². The summed E-state index contributed by atoms with van der Waals surface area (Å²) < 4.78 is 26.9. The van der Waals surface area contributed by atoms with Crippen molar-refractivity contribution in [2.45, 2.75) is 19.0 Å². The highest BCUT2D eigenvalue weighted by Crippen LogP contribution is 2.20. The first kappa shape index (κ1) is 21.9. The minimum atomic E-state index is -0.511. The SMILES string of the molecule is CNC(=O)NC(=O)[C@H](C)[NH+]1CC[NH+](C(c2ccc(F)cc2)c2ccc(F)cc2)CC1. The van der Waals surface area contributed by atoms with E-state index in [9.17, 15) is 18.4 Å². The molecule has 1 atom stereocenters. The Morgan fingerprint density at radius 3 is 1.70 bits per heavy atom. The second-order valence-electron chi connectivity index (χ2n) is 7.64. The molecule has 3 rings (SSSR count). The van der Waals surface area contributed by atoms with E-state index in [0.717, 1.165) is 42.2 Å². The topological polar surface area (TPSA) is 67.1 Å². The molecule has 0 saturated carbocycles. The van der Waals surface area contributed by atoms with Gasteiger partial charge in [-0.15, -0.1) is 0 Å². The third kappa shape index (κ3) is 5.20. The van der Waals surface area contributed by atoms with Crippen LogP contribution in [0.1, 0.15) is 24.1 Å². The summed E-state index contributed by atoms with van der Waals surface area (Å²) in [5.41, 5.74) is 1.93. The molecule has 1 saturated heterocycles. The number of quaternary nitrogens is 2. The van der Waals surface area contributed by atoms with Crippen LogP contribution in [0, 0.1) is 11.6 Å². The van der Waals surface area contributed by atoms with Gasteiger partial charge in [0.1, 0.15) is 43.9 Å². The number of carbonyl (C=O) groups excluding carboxylic acids is 2. The number of hydrogen-bond donors (Lipinski definition) is 4. The molecule has 30 heavy (non-hydrogen) atoms. The Morgan fingerprint density at radius 1 is 0.833 bits per heavy atom. The van der Waals surface area contributed by atoms with Gasteiger partial charge in [-0.2, -0.15) is 0 Å². The zero-order valence-corrected chi connectivity index (χ0v) is 17.2.